The maximum absolute atomic E-state index is 10.0. The summed E-state index contributed by atoms with van der Waals surface area (Å²) in [6.45, 7) is 13.5. The lowest BCUT2D eigenvalue weighted by Crippen LogP contribution is -2.29. The zero-order valence-electron chi connectivity index (χ0n) is 11.1. The van der Waals surface area contributed by atoms with Gasteiger partial charge in [-0.25, -0.2) is 0 Å². The molecular weight excluding hydrogens is 228 g/mol. The molecule has 0 saturated heterocycles. The van der Waals surface area contributed by atoms with Gasteiger partial charge in [0.25, 0.3) is 0 Å². The highest BCUT2D eigenvalue weighted by Gasteiger charge is 2.26. The molecule has 18 heavy (non-hydrogen) atoms. The number of allylic oxidation sites excluding steroid dienone is 1. The van der Waals surface area contributed by atoms with Crippen LogP contribution in [0, 0.1) is 5.92 Å². The van der Waals surface area contributed by atoms with E-state index in [4.69, 9.17) is 0 Å². The molecule has 0 spiro atoms. The topological polar surface area (TPSA) is 60.7 Å². The van der Waals surface area contributed by atoms with Gasteiger partial charge in [-0.1, -0.05) is 25.3 Å². The van der Waals surface area contributed by atoms with E-state index in [1.54, 1.807) is 0 Å². The summed E-state index contributed by atoms with van der Waals surface area (Å²) in [5.74, 6) is 0.158. The molecule has 4 atom stereocenters. The maximum atomic E-state index is 10.0. The Kier molecular flexibility index (Phi) is 5.32. The van der Waals surface area contributed by atoms with Crippen LogP contribution in [-0.2, 0) is 0 Å². The molecule has 1 aliphatic carbocycles. The second-order valence-corrected chi connectivity index (χ2v) is 5.33. The first-order valence-electron chi connectivity index (χ1n) is 6.38. The van der Waals surface area contributed by atoms with Crippen LogP contribution in [0.2, 0.25) is 0 Å². The monoisotopic (exact) mass is 252 g/mol. The normalized spacial score (nSPS) is 35.3. The summed E-state index contributed by atoms with van der Waals surface area (Å²) in [6.07, 6.45) is -0.208. The molecule has 0 radical (unpaired) electrons. The molecule has 0 aromatic carbocycles. The van der Waals surface area contributed by atoms with Crippen molar-refractivity contribution < 1.29 is 15.3 Å². The SMILES string of the molecule is C=C(C)[C@H]1CCC(=C)[C@@H](O)C[C@@H](O)C(=C)[C@H](O)C1. The van der Waals surface area contributed by atoms with E-state index in [2.05, 4.69) is 19.7 Å². The average Bonchev–Trinajstić information content (AvgIpc) is 2.30. The van der Waals surface area contributed by atoms with Gasteiger partial charge in [0.1, 0.15) is 0 Å². The van der Waals surface area contributed by atoms with E-state index in [0.29, 0.717) is 18.4 Å². The maximum Gasteiger partial charge on any atom is 0.0800 e. The average molecular weight is 252 g/mol. The number of aliphatic hydroxyl groups excluding tert-OH is 3. The van der Waals surface area contributed by atoms with E-state index in [0.717, 1.165) is 17.6 Å². The van der Waals surface area contributed by atoms with Gasteiger partial charge in [0.15, 0.2) is 0 Å². The lowest BCUT2D eigenvalue weighted by atomic mass is 9.83. The minimum absolute atomic E-state index is 0.158. The van der Waals surface area contributed by atoms with Crippen molar-refractivity contribution >= 4 is 0 Å². The Morgan fingerprint density at radius 1 is 1.06 bits per heavy atom. The summed E-state index contributed by atoms with van der Waals surface area (Å²) in [6, 6.07) is 0. The predicted molar refractivity (Wildman–Crippen MR) is 73.1 cm³/mol. The molecule has 0 aromatic heterocycles. The van der Waals surface area contributed by atoms with E-state index in [9.17, 15) is 15.3 Å². The van der Waals surface area contributed by atoms with Crippen LogP contribution in [0.25, 0.3) is 0 Å². The summed E-state index contributed by atoms with van der Waals surface area (Å²) in [5.41, 5.74) is 2.10. The lowest BCUT2D eigenvalue weighted by molar-refractivity contribution is 0.0842. The van der Waals surface area contributed by atoms with Gasteiger partial charge in [-0.05, 0) is 43.3 Å². The van der Waals surface area contributed by atoms with Gasteiger partial charge in [0.2, 0.25) is 0 Å². The summed E-state index contributed by atoms with van der Waals surface area (Å²) in [4.78, 5) is 0. The second-order valence-electron chi connectivity index (χ2n) is 5.33. The van der Waals surface area contributed by atoms with E-state index in [-0.39, 0.29) is 12.3 Å². The third-order valence-electron chi connectivity index (χ3n) is 3.79. The van der Waals surface area contributed by atoms with Gasteiger partial charge in [0.05, 0.1) is 18.3 Å². The molecule has 0 bridgehead atoms. The fraction of sp³-hybridized carbons (Fsp3) is 0.600. The number of rotatable bonds is 1. The molecule has 102 valence electrons. The molecule has 1 saturated carbocycles. The van der Waals surface area contributed by atoms with Crippen molar-refractivity contribution in [3.63, 3.8) is 0 Å². The number of hydrogen-bond donors (Lipinski definition) is 3. The van der Waals surface area contributed by atoms with Crippen molar-refractivity contribution in [3.8, 4) is 0 Å². The van der Waals surface area contributed by atoms with Crippen LogP contribution in [0.3, 0.4) is 0 Å². The minimum Gasteiger partial charge on any atom is -0.389 e. The first-order chi connectivity index (χ1) is 8.32. The highest BCUT2D eigenvalue weighted by molar-refractivity contribution is 5.15. The van der Waals surface area contributed by atoms with Crippen LogP contribution in [0.4, 0.5) is 0 Å². The Hall–Kier alpha value is -0.900. The van der Waals surface area contributed by atoms with Crippen LogP contribution in [0.15, 0.2) is 36.5 Å². The van der Waals surface area contributed by atoms with Crippen molar-refractivity contribution in [2.75, 3.05) is 0 Å². The van der Waals surface area contributed by atoms with E-state index < -0.39 is 18.3 Å². The molecule has 0 unspecified atom stereocenters. The molecule has 3 N–H and O–H groups in total. The summed E-state index contributed by atoms with van der Waals surface area (Å²) in [5, 5.41) is 29.8. The van der Waals surface area contributed by atoms with Gasteiger partial charge in [-0.2, -0.15) is 0 Å². The van der Waals surface area contributed by atoms with Crippen LogP contribution in [-0.4, -0.2) is 33.6 Å². The molecule has 0 heterocycles. The van der Waals surface area contributed by atoms with Crippen LogP contribution in [0.1, 0.15) is 32.6 Å². The van der Waals surface area contributed by atoms with Gasteiger partial charge < -0.3 is 15.3 Å². The molecule has 0 amide bonds. The van der Waals surface area contributed by atoms with Crippen LogP contribution < -0.4 is 0 Å². The third kappa shape index (κ3) is 3.80. The fourth-order valence-electron chi connectivity index (χ4n) is 2.26. The quantitative estimate of drug-likeness (QED) is 0.625. The Morgan fingerprint density at radius 3 is 2.17 bits per heavy atom. The van der Waals surface area contributed by atoms with Crippen LogP contribution >= 0.6 is 0 Å². The molecule has 1 aliphatic rings. The molecule has 3 heteroatoms. The molecule has 0 aliphatic heterocycles. The Balaban J connectivity index is 2.87. The highest BCUT2D eigenvalue weighted by Crippen LogP contribution is 2.29. The van der Waals surface area contributed by atoms with Crippen molar-refractivity contribution in [2.24, 2.45) is 5.92 Å². The standard InChI is InChI=1S/C15H24O3/c1-9(2)12-6-5-10(3)13(16)8-15(18)11(4)14(17)7-12/h12-18H,1,3-8H2,2H3/t12-,13-,14+,15+/m0/s1. The predicted octanol–water partition coefficient (Wildman–Crippen LogP) is 1.95. The molecule has 1 fully saturated rings. The summed E-state index contributed by atoms with van der Waals surface area (Å²) < 4.78 is 0. The molecule has 0 aromatic rings. The Labute approximate surface area is 109 Å². The third-order valence-corrected chi connectivity index (χ3v) is 3.79. The first kappa shape index (κ1) is 15.2. The lowest BCUT2D eigenvalue weighted by Gasteiger charge is -2.28. The van der Waals surface area contributed by atoms with Crippen molar-refractivity contribution in [2.45, 2.75) is 50.9 Å². The smallest absolute Gasteiger partial charge is 0.0800 e. The molecule has 1 rings (SSSR count). The largest absolute Gasteiger partial charge is 0.389 e. The van der Waals surface area contributed by atoms with Crippen molar-refractivity contribution in [3.05, 3.63) is 36.5 Å². The molecule has 3 nitrogen and oxygen atoms in total. The zero-order valence-corrected chi connectivity index (χ0v) is 11.1. The second kappa shape index (κ2) is 6.32. The molecular formula is C15H24O3. The summed E-state index contributed by atoms with van der Waals surface area (Å²) >= 11 is 0. The number of hydrogen-bond acceptors (Lipinski definition) is 3. The Bertz CT molecular complexity index is 346. The van der Waals surface area contributed by atoms with E-state index in [1.807, 2.05) is 6.92 Å². The first-order valence-corrected chi connectivity index (χ1v) is 6.38. The van der Waals surface area contributed by atoms with Crippen molar-refractivity contribution in [1.29, 1.82) is 0 Å². The van der Waals surface area contributed by atoms with E-state index in [1.165, 1.54) is 0 Å². The summed E-state index contributed by atoms with van der Waals surface area (Å²) in [7, 11) is 0. The van der Waals surface area contributed by atoms with Gasteiger partial charge in [-0.3, -0.25) is 0 Å². The zero-order chi connectivity index (χ0) is 13.9. The van der Waals surface area contributed by atoms with E-state index >= 15 is 0 Å². The minimum atomic E-state index is -0.893. The highest BCUT2D eigenvalue weighted by atomic mass is 16.3. The van der Waals surface area contributed by atoms with Crippen LogP contribution in [0.5, 0.6) is 0 Å². The fourth-order valence-corrected chi connectivity index (χ4v) is 2.26. The van der Waals surface area contributed by atoms with Gasteiger partial charge in [0, 0.05) is 6.42 Å². The van der Waals surface area contributed by atoms with Gasteiger partial charge >= 0.3 is 0 Å². The Morgan fingerprint density at radius 2 is 1.61 bits per heavy atom. The van der Waals surface area contributed by atoms with Crippen molar-refractivity contribution in [1.82, 2.24) is 0 Å². The van der Waals surface area contributed by atoms with Gasteiger partial charge in [-0.15, -0.1) is 0 Å². The number of aliphatic hydroxyl groups is 3.